The van der Waals surface area contributed by atoms with Gasteiger partial charge in [-0.3, -0.25) is 14.5 Å². The fourth-order valence-corrected chi connectivity index (χ4v) is 8.27. The molecule has 3 aliphatic rings. The number of esters is 1. The number of rotatable bonds is 11. The predicted octanol–water partition coefficient (Wildman–Crippen LogP) is 4.70. The van der Waals surface area contributed by atoms with Gasteiger partial charge >= 0.3 is 5.97 Å². The normalized spacial score (nSPS) is 20.8. The molecule has 0 atom stereocenters. The molecule has 1 aliphatic carbocycles. The average Bonchev–Trinajstić information content (AvgIpc) is 3.45. The lowest BCUT2D eigenvalue weighted by molar-refractivity contribution is -0.147. The second kappa shape index (κ2) is 15.8. The Morgan fingerprint density at radius 1 is 0.981 bits per heavy atom. The molecule has 4 aromatic rings. The predicted molar refractivity (Wildman–Crippen MR) is 207 cm³/mol. The summed E-state index contributed by atoms with van der Waals surface area (Å²) in [6.45, 7) is 15.1. The number of likely N-dealkylation sites (tertiary alicyclic amines) is 1. The van der Waals surface area contributed by atoms with E-state index in [0.717, 1.165) is 63.5 Å². The lowest BCUT2D eigenvalue weighted by Crippen LogP contribution is -2.50. The van der Waals surface area contributed by atoms with Crippen LogP contribution in [0, 0.1) is 11.8 Å². The molecule has 7 rings (SSSR count). The van der Waals surface area contributed by atoms with Crippen molar-refractivity contribution in [2.24, 2.45) is 11.8 Å². The number of nitrogens with zero attached hydrogens (tertiary/aromatic N) is 8. The number of hydrogen-bond acceptors (Lipinski definition) is 11. The first-order valence-electron chi connectivity index (χ1n) is 19.1. The van der Waals surface area contributed by atoms with Crippen LogP contribution in [0.4, 0.5) is 17.3 Å². The monoisotopic (exact) mass is 723 g/mol. The zero-order valence-electron chi connectivity index (χ0n) is 31.3. The molecule has 0 amide bonds. The lowest BCUT2D eigenvalue weighted by atomic mass is 9.84. The van der Waals surface area contributed by atoms with Gasteiger partial charge in [0.2, 0.25) is 5.95 Å². The van der Waals surface area contributed by atoms with E-state index in [9.17, 15) is 14.7 Å². The topological polar surface area (TPSA) is 134 Å². The number of aromatic nitrogens is 5. The first-order chi connectivity index (χ1) is 25.6. The zero-order valence-corrected chi connectivity index (χ0v) is 31.3. The minimum Gasteiger partial charge on any atom is -0.469 e. The van der Waals surface area contributed by atoms with Crippen LogP contribution in [0.25, 0.3) is 16.9 Å². The van der Waals surface area contributed by atoms with E-state index in [4.69, 9.17) is 9.72 Å². The van der Waals surface area contributed by atoms with Gasteiger partial charge in [0, 0.05) is 56.3 Å². The summed E-state index contributed by atoms with van der Waals surface area (Å²) in [6, 6.07) is 14.3. The number of allylic oxidation sites excluding steroid dienone is 1. The number of nitrogens with one attached hydrogen (secondary N) is 1. The van der Waals surface area contributed by atoms with E-state index in [-0.39, 0.29) is 24.0 Å². The molecule has 0 radical (unpaired) electrons. The number of carbonyl (C=O) groups is 1. The van der Waals surface area contributed by atoms with Crippen molar-refractivity contribution in [1.29, 1.82) is 0 Å². The van der Waals surface area contributed by atoms with E-state index in [1.807, 2.05) is 12.1 Å². The van der Waals surface area contributed by atoms with Gasteiger partial charge in [-0.15, -0.1) is 6.58 Å². The second-order valence-corrected chi connectivity index (χ2v) is 15.3. The summed E-state index contributed by atoms with van der Waals surface area (Å²) in [5, 5.41) is 14.3. The molecule has 0 spiro atoms. The molecular formula is C40H53N9O4. The van der Waals surface area contributed by atoms with E-state index >= 15 is 0 Å². The summed E-state index contributed by atoms with van der Waals surface area (Å²) in [5.74, 6) is 1.63. The lowest BCUT2D eigenvalue weighted by Gasteiger charge is -2.42. The van der Waals surface area contributed by atoms with Crippen LogP contribution in [0.1, 0.15) is 58.1 Å². The zero-order chi connectivity index (χ0) is 37.1. The molecule has 2 saturated heterocycles. The molecule has 1 saturated carbocycles. The van der Waals surface area contributed by atoms with Crippen LogP contribution in [0.5, 0.6) is 0 Å². The maximum absolute atomic E-state index is 13.4. The fraction of sp³-hybridized carbons (Fsp3) is 0.525. The molecule has 5 heterocycles. The third kappa shape index (κ3) is 8.17. The van der Waals surface area contributed by atoms with E-state index < -0.39 is 5.60 Å². The van der Waals surface area contributed by atoms with Crippen LogP contribution in [0.15, 0.2) is 66.1 Å². The number of methoxy groups -OCH3 is 1. The SMILES string of the molecule is C=CCn1c(=O)c2cnc(Nc3ccc(N4CCN(CC5CCN(C6CCC(C(=O)OC)CC6)CC5)CC4)cc3)nc2n1-c1cccc(C(C)(C)O)n1. The Bertz CT molecular complexity index is 1940. The van der Waals surface area contributed by atoms with Crippen LogP contribution < -0.4 is 15.8 Å². The molecule has 0 unspecified atom stereocenters. The number of piperidine rings is 1. The molecule has 0 bridgehead atoms. The van der Waals surface area contributed by atoms with Crippen LogP contribution in [-0.2, 0) is 21.7 Å². The molecule has 2 aliphatic heterocycles. The van der Waals surface area contributed by atoms with Gasteiger partial charge in [-0.25, -0.2) is 19.3 Å². The van der Waals surface area contributed by atoms with Gasteiger partial charge < -0.3 is 25.0 Å². The smallest absolute Gasteiger partial charge is 0.308 e. The van der Waals surface area contributed by atoms with Crippen molar-refractivity contribution >= 4 is 34.3 Å². The molecule has 1 aromatic carbocycles. The fourth-order valence-electron chi connectivity index (χ4n) is 8.27. The van der Waals surface area contributed by atoms with E-state index in [2.05, 4.69) is 48.7 Å². The average molecular weight is 724 g/mol. The number of hydrogen-bond donors (Lipinski definition) is 2. The second-order valence-electron chi connectivity index (χ2n) is 15.3. The minimum absolute atomic E-state index is 0.0343. The quantitative estimate of drug-likeness (QED) is 0.165. The number of benzene rings is 1. The summed E-state index contributed by atoms with van der Waals surface area (Å²) >= 11 is 0. The Hall–Kier alpha value is -4.59. The van der Waals surface area contributed by atoms with E-state index in [0.29, 0.717) is 34.5 Å². The number of aliphatic hydroxyl groups is 1. The number of pyridine rings is 1. The minimum atomic E-state index is -1.15. The maximum Gasteiger partial charge on any atom is 0.308 e. The highest BCUT2D eigenvalue weighted by Crippen LogP contribution is 2.32. The van der Waals surface area contributed by atoms with Crippen molar-refractivity contribution in [3.05, 3.63) is 77.4 Å². The van der Waals surface area contributed by atoms with Gasteiger partial charge in [0.15, 0.2) is 11.5 Å². The molecule has 13 nitrogen and oxygen atoms in total. The van der Waals surface area contributed by atoms with Gasteiger partial charge in [0.1, 0.15) is 11.0 Å². The summed E-state index contributed by atoms with van der Waals surface area (Å²) in [4.78, 5) is 46.9. The van der Waals surface area contributed by atoms with Crippen molar-refractivity contribution < 1.29 is 14.6 Å². The third-order valence-electron chi connectivity index (χ3n) is 11.3. The summed E-state index contributed by atoms with van der Waals surface area (Å²) in [5.41, 5.74) is 1.52. The molecule has 53 heavy (non-hydrogen) atoms. The standard InChI is InChI=1S/C40H53N9O4/c1-5-19-48-37(50)33-26-41-39(44-36(33)49(48)35-8-6-7-34(43-35)40(2,3)52)42-30-11-15-32(16-12-30)47-24-22-45(23-25-47)27-28-17-20-46(21-18-28)31-13-9-29(10-14-31)38(51)53-4/h5-8,11-12,15-16,26,28-29,31,52H,1,9-10,13-14,17-25,27H2,2-4H3,(H,41,42,44). The highest BCUT2D eigenvalue weighted by molar-refractivity contribution is 5.77. The Balaban J connectivity index is 0.933. The van der Waals surface area contributed by atoms with Crippen molar-refractivity contribution in [2.45, 2.75) is 70.6 Å². The van der Waals surface area contributed by atoms with Crippen LogP contribution in [-0.4, -0.2) is 104 Å². The van der Waals surface area contributed by atoms with Gasteiger partial charge in [0.05, 0.1) is 25.3 Å². The molecule has 3 fully saturated rings. The van der Waals surface area contributed by atoms with Gasteiger partial charge in [-0.2, -0.15) is 4.98 Å². The highest BCUT2D eigenvalue weighted by atomic mass is 16.5. The molecule has 282 valence electrons. The van der Waals surface area contributed by atoms with Crippen molar-refractivity contribution in [1.82, 2.24) is 34.1 Å². The Labute approximate surface area is 311 Å². The summed E-state index contributed by atoms with van der Waals surface area (Å²) in [7, 11) is 1.50. The Morgan fingerprint density at radius 2 is 1.70 bits per heavy atom. The first-order valence-corrected chi connectivity index (χ1v) is 19.1. The summed E-state index contributed by atoms with van der Waals surface area (Å²) < 4.78 is 8.15. The van der Waals surface area contributed by atoms with Gasteiger partial charge in [-0.1, -0.05) is 12.1 Å². The number of ether oxygens (including phenoxy) is 1. The highest BCUT2D eigenvalue weighted by Gasteiger charge is 2.32. The molecule has 13 heteroatoms. The summed E-state index contributed by atoms with van der Waals surface area (Å²) in [6.07, 6.45) is 9.85. The number of carbonyl (C=O) groups excluding carboxylic acids is 1. The number of anilines is 3. The molecule has 2 N–H and O–H groups in total. The largest absolute Gasteiger partial charge is 0.469 e. The first kappa shape index (κ1) is 36.8. The van der Waals surface area contributed by atoms with Crippen LogP contribution in [0.3, 0.4) is 0 Å². The molecular weight excluding hydrogens is 670 g/mol. The number of piperazine rings is 1. The Morgan fingerprint density at radius 3 is 2.36 bits per heavy atom. The van der Waals surface area contributed by atoms with Gasteiger partial charge in [0.25, 0.3) is 5.56 Å². The number of fused-ring (bicyclic) bond motifs is 1. The molecule has 3 aromatic heterocycles. The van der Waals surface area contributed by atoms with Crippen LogP contribution >= 0.6 is 0 Å². The van der Waals surface area contributed by atoms with Crippen molar-refractivity contribution in [3.63, 3.8) is 0 Å². The van der Waals surface area contributed by atoms with Crippen molar-refractivity contribution in [2.75, 3.05) is 63.1 Å². The van der Waals surface area contributed by atoms with Crippen LogP contribution in [0.2, 0.25) is 0 Å². The van der Waals surface area contributed by atoms with Crippen molar-refractivity contribution in [3.8, 4) is 5.82 Å². The van der Waals surface area contributed by atoms with Gasteiger partial charge in [-0.05, 0) is 108 Å². The van der Waals surface area contributed by atoms with E-state index in [1.54, 1.807) is 49.0 Å². The van der Waals surface area contributed by atoms with E-state index in [1.165, 1.54) is 50.0 Å². The Kier molecular flexibility index (Phi) is 11.0. The maximum atomic E-state index is 13.4. The third-order valence-corrected chi connectivity index (χ3v) is 11.3.